The molecule has 158 valence electrons. The van der Waals surface area contributed by atoms with Gasteiger partial charge in [0.25, 0.3) is 0 Å². The van der Waals surface area contributed by atoms with Crippen LogP contribution in [0.25, 0.3) is 11.1 Å². The number of anilines is 3. The predicted octanol–water partition coefficient (Wildman–Crippen LogP) is 4.46. The molecule has 6 heteroatoms. The molecule has 1 aromatic heterocycles. The van der Waals surface area contributed by atoms with Crippen LogP contribution >= 0.6 is 0 Å². The summed E-state index contributed by atoms with van der Waals surface area (Å²) in [5.41, 5.74) is 5.14. The standard InChI is InChI=1S/C25H27N5O/c1-2-6-22-20(5-1)21-17-27-24(29-23(21)25(31-22)11-3-4-12-25)28-18-7-9-19(10-8-18)30-15-13-26-14-16-30/h1-2,5-10,17,26H,3-4,11-16H2,(H,27,28,29). The van der Waals surface area contributed by atoms with Gasteiger partial charge >= 0.3 is 0 Å². The highest BCUT2D eigenvalue weighted by molar-refractivity contribution is 5.75. The third kappa shape index (κ3) is 3.31. The van der Waals surface area contributed by atoms with E-state index in [1.54, 1.807) is 0 Å². The molecule has 2 fully saturated rings. The fourth-order valence-corrected chi connectivity index (χ4v) is 5.12. The van der Waals surface area contributed by atoms with E-state index in [2.05, 4.69) is 56.9 Å². The minimum atomic E-state index is -0.324. The van der Waals surface area contributed by atoms with Crippen LogP contribution in [0.15, 0.2) is 54.7 Å². The summed E-state index contributed by atoms with van der Waals surface area (Å²) in [5, 5.41) is 6.81. The van der Waals surface area contributed by atoms with Gasteiger partial charge in [0.2, 0.25) is 5.95 Å². The molecule has 6 rings (SSSR count). The summed E-state index contributed by atoms with van der Waals surface area (Å²) in [5.74, 6) is 1.58. The number of rotatable bonds is 3. The smallest absolute Gasteiger partial charge is 0.227 e. The molecule has 0 amide bonds. The summed E-state index contributed by atoms with van der Waals surface area (Å²) in [6, 6.07) is 16.8. The molecule has 1 aliphatic carbocycles. The Labute approximate surface area is 182 Å². The fourth-order valence-electron chi connectivity index (χ4n) is 5.12. The van der Waals surface area contributed by atoms with Gasteiger partial charge < -0.3 is 20.3 Å². The lowest BCUT2D eigenvalue weighted by Crippen LogP contribution is -2.43. The van der Waals surface area contributed by atoms with E-state index >= 15 is 0 Å². The first-order chi connectivity index (χ1) is 15.3. The van der Waals surface area contributed by atoms with Gasteiger partial charge in [-0.1, -0.05) is 18.2 Å². The molecule has 2 aliphatic heterocycles. The maximum atomic E-state index is 6.57. The van der Waals surface area contributed by atoms with Gasteiger partial charge in [-0.15, -0.1) is 0 Å². The zero-order valence-electron chi connectivity index (χ0n) is 17.6. The molecule has 3 heterocycles. The van der Waals surface area contributed by atoms with Crippen LogP contribution in [0.3, 0.4) is 0 Å². The van der Waals surface area contributed by atoms with Crippen molar-refractivity contribution < 1.29 is 4.74 Å². The Kier molecular flexibility index (Phi) is 4.53. The third-order valence-corrected chi connectivity index (χ3v) is 6.72. The molecule has 0 unspecified atom stereocenters. The summed E-state index contributed by atoms with van der Waals surface area (Å²) in [7, 11) is 0. The van der Waals surface area contributed by atoms with Crippen molar-refractivity contribution >= 4 is 17.3 Å². The molecular formula is C25H27N5O. The van der Waals surface area contributed by atoms with Crippen LogP contribution in [0.4, 0.5) is 17.3 Å². The van der Waals surface area contributed by atoms with Crippen molar-refractivity contribution in [1.29, 1.82) is 0 Å². The normalized spacial score (nSPS) is 18.9. The molecule has 1 saturated carbocycles. The highest BCUT2D eigenvalue weighted by Gasteiger charge is 2.45. The van der Waals surface area contributed by atoms with Gasteiger partial charge in [0.05, 0.1) is 5.69 Å². The van der Waals surface area contributed by atoms with Crippen LogP contribution in [-0.4, -0.2) is 36.1 Å². The Morgan fingerprint density at radius 2 is 1.71 bits per heavy atom. The highest BCUT2D eigenvalue weighted by Crippen LogP contribution is 2.51. The first-order valence-electron chi connectivity index (χ1n) is 11.3. The van der Waals surface area contributed by atoms with Crippen molar-refractivity contribution in [3.63, 3.8) is 0 Å². The molecule has 2 N–H and O–H groups in total. The number of nitrogens with one attached hydrogen (secondary N) is 2. The minimum Gasteiger partial charge on any atom is -0.480 e. The van der Waals surface area contributed by atoms with Crippen LogP contribution < -0.4 is 20.3 Å². The van der Waals surface area contributed by atoms with E-state index in [9.17, 15) is 0 Å². The summed E-state index contributed by atoms with van der Waals surface area (Å²) in [4.78, 5) is 12.1. The van der Waals surface area contributed by atoms with Crippen LogP contribution in [0.2, 0.25) is 0 Å². The number of fused-ring (bicyclic) bond motifs is 4. The van der Waals surface area contributed by atoms with Crippen LogP contribution in [0.1, 0.15) is 31.4 Å². The number of hydrogen-bond donors (Lipinski definition) is 2. The maximum Gasteiger partial charge on any atom is 0.227 e. The molecule has 2 aromatic carbocycles. The Hall–Kier alpha value is -3.12. The van der Waals surface area contributed by atoms with Crippen LogP contribution in [0, 0.1) is 0 Å². The fraction of sp³-hybridized carbons (Fsp3) is 0.360. The molecule has 3 aliphatic rings. The average molecular weight is 414 g/mol. The maximum absolute atomic E-state index is 6.57. The van der Waals surface area contributed by atoms with Crippen molar-refractivity contribution in [3.05, 3.63) is 60.4 Å². The number of nitrogens with zero attached hydrogens (tertiary/aromatic N) is 3. The Morgan fingerprint density at radius 3 is 2.52 bits per heavy atom. The topological polar surface area (TPSA) is 62.3 Å². The van der Waals surface area contributed by atoms with E-state index < -0.39 is 0 Å². The number of aromatic nitrogens is 2. The number of piperazine rings is 1. The van der Waals surface area contributed by atoms with Gasteiger partial charge in [0.1, 0.15) is 5.75 Å². The minimum absolute atomic E-state index is 0.324. The van der Waals surface area contributed by atoms with Crippen molar-refractivity contribution in [1.82, 2.24) is 15.3 Å². The molecule has 0 radical (unpaired) electrons. The second-order valence-corrected chi connectivity index (χ2v) is 8.66. The van der Waals surface area contributed by atoms with Crippen LogP contribution in [-0.2, 0) is 5.60 Å². The van der Waals surface area contributed by atoms with Gasteiger partial charge in [0, 0.05) is 54.9 Å². The first-order valence-corrected chi connectivity index (χ1v) is 11.3. The number of ether oxygens (including phenoxy) is 1. The molecule has 1 saturated heterocycles. The summed E-state index contributed by atoms with van der Waals surface area (Å²) in [6.45, 7) is 4.17. The lowest BCUT2D eigenvalue weighted by molar-refractivity contribution is 0.0664. The van der Waals surface area contributed by atoms with Gasteiger partial charge in [-0.3, -0.25) is 0 Å². The molecule has 6 nitrogen and oxygen atoms in total. The predicted molar refractivity (Wildman–Crippen MR) is 123 cm³/mol. The Bertz CT molecular complexity index is 1090. The summed E-state index contributed by atoms with van der Waals surface area (Å²) >= 11 is 0. The van der Waals surface area contributed by atoms with E-state index in [1.165, 1.54) is 18.5 Å². The Morgan fingerprint density at radius 1 is 0.935 bits per heavy atom. The van der Waals surface area contributed by atoms with Crippen molar-refractivity contribution in [2.45, 2.75) is 31.3 Å². The molecule has 3 aromatic rings. The van der Waals surface area contributed by atoms with Crippen LogP contribution in [0.5, 0.6) is 5.75 Å². The zero-order chi connectivity index (χ0) is 20.7. The van der Waals surface area contributed by atoms with Gasteiger partial charge in [0.15, 0.2) is 5.60 Å². The van der Waals surface area contributed by atoms with E-state index in [4.69, 9.17) is 9.72 Å². The van der Waals surface area contributed by atoms with E-state index in [-0.39, 0.29) is 5.60 Å². The van der Waals surface area contributed by atoms with Crippen molar-refractivity contribution in [3.8, 4) is 16.9 Å². The molecule has 1 spiro atoms. The van der Waals surface area contributed by atoms with E-state index in [1.807, 2.05) is 18.3 Å². The van der Waals surface area contributed by atoms with Gasteiger partial charge in [-0.2, -0.15) is 0 Å². The first kappa shape index (κ1) is 18.6. The molecular weight excluding hydrogens is 386 g/mol. The van der Waals surface area contributed by atoms with Gasteiger partial charge in [-0.25, -0.2) is 9.97 Å². The second kappa shape index (κ2) is 7.54. The van der Waals surface area contributed by atoms with Crippen molar-refractivity contribution in [2.75, 3.05) is 36.4 Å². The SMILES string of the molecule is c1ccc2c(c1)OC1(CCCC1)c1nc(Nc3ccc(N4CCNCC4)cc3)ncc1-2. The molecule has 0 atom stereocenters. The monoisotopic (exact) mass is 413 g/mol. The number of hydrogen-bond acceptors (Lipinski definition) is 6. The summed E-state index contributed by atoms with van der Waals surface area (Å²) < 4.78 is 6.57. The quantitative estimate of drug-likeness (QED) is 0.661. The number of para-hydroxylation sites is 1. The van der Waals surface area contributed by atoms with Crippen molar-refractivity contribution in [2.24, 2.45) is 0 Å². The average Bonchev–Trinajstić information content (AvgIpc) is 3.29. The largest absolute Gasteiger partial charge is 0.480 e. The van der Waals surface area contributed by atoms with E-state index in [0.717, 1.165) is 67.3 Å². The highest BCUT2D eigenvalue weighted by atomic mass is 16.5. The summed E-state index contributed by atoms with van der Waals surface area (Å²) in [6.07, 6.45) is 6.30. The molecule has 31 heavy (non-hydrogen) atoms. The lowest BCUT2D eigenvalue weighted by atomic mass is 9.87. The third-order valence-electron chi connectivity index (χ3n) is 6.72. The van der Waals surface area contributed by atoms with E-state index in [0.29, 0.717) is 5.95 Å². The second-order valence-electron chi connectivity index (χ2n) is 8.66. The van der Waals surface area contributed by atoms with Gasteiger partial charge in [-0.05, 0) is 56.0 Å². The number of benzene rings is 2. The Balaban J connectivity index is 1.30. The zero-order valence-corrected chi connectivity index (χ0v) is 17.6. The lowest BCUT2D eigenvalue weighted by Gasteiger charge is -2.36. The molecule has 0 bridgehead atoms.